The fourth-order valence-electron chi connectivity index (χ4n) is 1.57. The van der Waals surface area contributed by atoms with Gasteiger partial charge in [-0.15, -0.1) is 0 Å². The van der Waals surface area contributed by atoms with Crippen LogP contribution in [0.4, 0.5) is 5.69 Å². The van der Waals surface area contributed by atoms with Crippen molar-refractivity contribution < 1.29 is 9.53 Å². The molecule has 1 aromatic rings. The molecule has 0 aliphatic heterocycles. The SMILES string of the molecule is COCC(C(=O)NN)N(C)c1ccc(C#N)cc1. The molecule has 1 atom stereocenters. The van der Waals surface area contributed by atoms with E-state index >= 15 is 0 Å². The number of nitrogens with one attached hydrogen (secondary N) is 1. The molecule has 3 N–H and O–H groups in total. The standard InChI is InChI=1S/C12H16N4O2/c1-16(11(8-18-2)12(17)15-14)10-5-3-9(7-13)4-6-10/h3-6,11H,8,14H2,1-2H3,(H,15,17). The van der Waals surface area contributed by atoms with Crippen LogP contribution in [0.3, 0.4) is 0 Å². The highest BCUT2D eigenvalue weighted by atomic mass is 16.5. The Bertz CT molecular complexity index is 438. The minimum absolute atomic E-state index is 0.222. The molecule has 0 aliphatic carbocycles. The van der Waals surface area contributed by atoms with Crippen molar-refractivity contribution in [3.05, 3.63) is 29.8 Å². The summed E-state index contributed by atoms with van der Waals surface area (Å²) in [5, 5.41) is 8.72. The zero-order chi connectivity index (χ0) is 13.5. The summed E-state index contributed by atoms with van der Waals surface area (Å²) in [6, 6.07) is 8.44. The molecule has 0 radical (unpaired) electrons. The summed E-state index contributed by atoms with van der Waals surface area (Å²) in [5.74, 6) is 4.81. The Balaban J connectivity index is 2.90. The number of nitrogens with two attached hydrogens (primary N) is 1. The highest BCUT2D eigenvalue weighted by Gasteiger charge is 2.22. The van der Waals surface area contributed by atoms with E-state index < -0.39 is 6.04 Å². The summed E-state index contributed by atoms with van der Waals surface area (Å²) in [4.78, 5) is 13.4. The molecule has 0 bridgehead atoms. The largest absolute Gasteiger partial charge is 0.382 e. The maximum atomic E-state index is 11.6. The maximum absolute atomic E-state index is 11.6. The molecule has 1 amide bonds. The van der Waals surface area contributed by atoms with Crippen LogP contribution in [-0.2, 0) is 9.53 Å². The summed E-state index contributed by atoms with van der Waals surface area (Å²) in [7, 11) is 3.28. The molecule has 1 rings (SSSR count). The van der Waals surface area contributed by atoms with E-state index in [9.17, 15) is 4.79 Å². The first-order valence-electron chi connectivity index (χ1n) is 5.36. The number of hydrogen-bond acceptors (Lipinski definition) is 5. The third-order valence-electron chi connectivity index (χ3n) is 2.64. The van der Waals surface area contributed by atoms with E-state index in [4.69, 9.17) is 15.8 Å². The van der Waals surface area contributed by atoms with Crippen molar-refractivity contribution in [2.24, 2.45) is 5.84 Å². The number of anilines is 1. The van der Waals surface area contributed by atoms with Crippen LogP contribution >= 0.6 is 0 Å². The first kappa shape index (κ1) is 14.0. The summed E-state index contributed by atoms with van der Waals surface area (Å²) in [5.41, 5.74) is 3.48. The average molecular weight is 248 g/mol. The second kappa shape index (κ2) is 6.59. The van der Waals surface area contributed by atoms with Crippen LogP contribution in [0.1, 0.15) is 5.56 Å². The quantitative estimate of drug-likeness (QED) is 0.435. The van der Waals surface area contributed by atoms with Gasteiger partial charge in [0.15, 0.2) is 0 Å². The number of nitriles is 1. The second-order valence-corrected chi connectivity index (χ2v) is 3.75. The number of rotatable bonds is 5. The highest BCUT2D eigenvalue weighted by Crippen LogP contribution is 2.16. The van der Waals surface area contributed by atoms with E-state index in [2.05, 4.69) is 5.43 Å². The Kier molecular flexibility index (Phi) is 5.11. The van der Waals surface area contributed by atoms with Crippen molar-refractivity contribution >= 4 is 11.6 Å². The predicted molar refractivity (Wildman–Crippen MR) is 67.6 cm³/mol. The van der Waals surface area contributed by atoms with Gasteiger partial charge in [0, 0.05) is 19.8 Å². The Morgan fingerprint density at radius 2 is 2.17 bits per heavy atom. The molecular formula is C12H16N4O2. The lowest BCUT2D eigenvalue weighted by molar-refractivity contribution is -0.123. The average Bonchev–Trinajstić information content (AvgIpc) is 2.43. The number of hydrazine groups is 1. The number of hydrogen-bond donors (Lipinski definition) is 2. The smallest absolute Gasteiger partial charge is 0.258 e. The van der Waals surface area contributed by atoms with Gasteiger partial charge in [-0.2, -0.15) is 5.26 Å². The normalized spacial score (nSPS) is 11.4. The summed E-state index contributed by atoms with van der Waals surface area (Å²) in [6.07, 6.45) is 0. The van der Waals surface area contributed by atoms with E-state index in [1.807, 2.05) is 6.07 Å². The third kappa shape index (κ3) is 3.20. The van der Waals surface area contributed by atoms with Crippen molar-refractivity contribution in [2.75, 3.05) is 25.7 Å². The van der Waals surface area contributed by atoms with Gasteiger partial charge in [0.05, 0.1) is 18.2 Å². The van der Waals surface area contributed by atoms with Crippen LogP contribution in [0, 0.1) is 11.3 Å². The molecular weight excluding hydrogens is 232 g/mol. The van der Waals surface area contributed by atoms with Gasteiger partial charge >= 0.3 is 0 Å². The molecule has 0 saturated heterocycles. The van der Waals surface area contributed by atoms with Crippen molar-refractivity contribution in [1.29, 1.82) is 5.26 Å². The molecule has 1 aromatic carbocycles. The fourth-order valence-corrected chi connectivity index (χ4v) is 1.57. The van der Waals surface area contributed by atoms with E-state index in [1.54, 1.807) is 36.2 Å². The van der Waals surface area contributed by atoms with Crippen LogP contribution in [0.25, 0.3) is 0 Å². The number of likely N-dealkylation sites (N-methyl/N-ethyl adjacent to an activating group) is 1. The lowest BCUT2D eigenvalue weighted by Gasteiger charge is -2.27. The van der Waals surface area contributed by atoms with Gasteiger partial charge in [-0.1, -0.05) is 0 Å². The van der Waals surface area contributed by atoms with E-state index in [0.717, 1.165) is 5.69 Å². The van der Waals surface area contributed by atoms with Crippen molar-refractivity contribution in [3.63, 3.8) is 0 Å². The number of nitrogens with zero attached hydrogens (tertiary/aromatic N) is 2. The monoisotopic (exact) mass is 248 g/mol. The summed E-state index contributed by atoms with van der Waals surface area (Å²) >= 11 is 0. The van der Waals surface area contributed by atoms with Gasteiger partial charge < -0.3 is 9.64 Å². The molecule has 0 aromatic heterocycles. The summed E-state index contributed by atoms with van der Waals surface area (Å²) in [6.45, 7) is 0.222. The molecule has 6 heteroatoms. The first-order valence-corrected chi connectivity index (χ1v) is 5.36. The number of carbonyl (C=O) groups is 1. The number of ether oxygens (including phenoxy) is 1. The van der Waals surface area contributed by atoms with Crippen molar-refractivity contribution in [2.45, 2.75) is 6.04 Å². The first-order chi connectivity index (χ1) is 8.63. The molecule has 96 valence electrons. The molecule has 0 fully saturated rings. The predicted octanol–water partition coefficient (Wildman–Crippen LogP) is -0.000620. The van der Waals surface area contributed by atoms with Gasteiger partial charge in [-0.05, 0) is 24.3 Å². The molecule has 0 aliphatic rings. The van der Waals surface area contributed by atoms with Crippen LogP contribution in [0.15, 0.2) is 24.3 Å². The third-order valence-corrected chi connectivity index (χ3v) is 2.64. The second-order valence-electron chi connectivity index (χ2n) is 3.75. The number of amides is 1. The van der Waals surface area contributed by atoms with E-state index in [-0.39, 0.29) is 12.5 Å². The fraction of sp³-hybridized carbons (Fsp3) is 0.333. The van der Waals surface area contributed by atoms with Crippen LogP contribution in [-0.4, -0.2) is 32.7 Å². The molecule has 1 unspecified atom stereocenters. The Labute approximate surface area is 106 Å². The molecule has 0 heterocycles. The maximum Gasteiger partial charge on any atom is 0.258 e. The Hall–Kier alpha value is -2.10. The van der Waals surface area contributed by atoms with E-state index in [1.165, 1.54) is 7.11 Å². The number of benzene rings is 1. The Morgan fingerprint density at radius 1 is 1.56 bits per heavy atom. The van der Waals surface area contributed by atoms with Crippen LogP contribution in [0.2, 0.25) is 0 Å². The summed E-state index contributed by atoms with van der Waals surface area (Å²) < 4.78 is 5.00. The lowest BCUT2D eigenvalue weighted by Crippen LogP contribution is -2.50. The zero-order valence-electron chi connectivity index (χ0n) is 10.4. The van der Waals surface area contributed by atoms with Gasteiger partial charge in [0.1, 0.15) is 6.04 Å². The zero-order valence-corrected chi connectivity index (χ0v) is 10.4. The van der Waals surface area contributed by atoms with Crippen LogP contribution < -0.4 is 16.2 Å². The Morgan fingerprint density at radius 3 is 2.61 bits per heavy atom. The van der Waals surface area contributed by atoms with Gasteiger partial charge in [-0.3, -0.25) is 10.2 Å². The minimum Gasteiger partial charge on any atom is -0.382 e. The van der Waals surface area contributed by atoms with Crippen molar-refractivity contribution in [3.8, 4) is 6.07 Å². The molecule has 6 nitrogen and oxygen atoms in total. The van der Waals surface area contributed by atoms with Gasteiger partial charge in [0.25, 0.3) is 5.91 Å². The molecule has 0 spiro atoms. The van der Waals surface area contributed by atoms with Gasteiger partial charge in [0.2, 0.25) is 0 Å². The number of carbonyl (C=O) groups excluding carboxylic acids is 1. The lowest BCUT2D eigenvalue weighted by atomic mass is 10.2. The molecule has 18 heavy (non-hydrogen) atoms. The van der Waals surface area contributed by atoms with Crippen LogP contribution in [0.5, 0.6) is 0 Å². The van der Waals surface area contributed by atoms with E-state index in [0.29, 0.717) is 5.56 Å². The van der Waals surface area contributed by atoms with Crippen molar-refractivity contribution in [1.82, 2.24) is 5.43 Å². The van der Waals surface area contributed by atoms with Gasteiger partial charge in [-0.25, -0.2) is 5.84 Å². The minimum atomic E-state index is -0.520. The highest BCUT2D eigenvalue weighted by molar-refractivity contribution is 5.84. The topological polar surface area (TPSA) is 91.4 Å². The molecule has 0 saturated carbocycles. The number of methoxy groups -OCH3 is 1.